The first-order valence-electron chi connectivity index (χ1n) is 8.24. The first kappa shape index (κ1) is 17.5. The number of hydrogen-bond donors (Lipinski definition) is 1. The van der Waals surface area contributed by atoms with Gasteiger partial charge in [-0.2, -0.15) is 11.8 Å². The standard InChI is InChI=1S/C17H23FN2O3S/c18-14-2-1-3-15(10-14)23-11-16(21)19-12-17(4-9-24-13-17)20-5-7-22-8-6-20/h1-3,10H,4-9,11-13H2,(H,19,21). The summed E-state index contributed by atoms with van der Waals surface area (Å²) in [5.74, 6) is 1.96. The van der Waals surface area contributed by atoms with Crippen LogP contribution in [0.25, 0.3) is 0 Å². The predicted molar refractivity (Wildman–Crippen MR) is 92.0 cm³/mol. The number of rotatable bonds is 6. The number of morpholine rings is 1. The normalized spacial score (nSPS) is 24.7. The molecular formula is C17H23FN2O3S. The average molecular weight is 354 g/mol. The second-order valence-electron chi connectivity index (χ2n) is 6.15. The number of hydrogen-bond acceptors (Lipinski definition) is 5. The maximum atomic E-state index is 13.1. The first-order valence-corrected chi connectivity index (χ1v) is 9.39. The van der Waals surface area contributed by atoms with Crippen LogP contribution in [-0.4, -0.2) is 67.3 Å². The molecule has 1 atom stereocenters. The van der Waals surface area contributed by atoms with E-state index in [9.17, 15) is 9.18 Å². The number of halogens is 1. The van der Waals surface area contributed by atoms with Gasteiger partial charge in [0.15, 0.2) is 6.61 Å². The number of nitrogens with zero attached hydrogens (tertiary/aromatic N) is 1. The number of nitrogens with one attached hydrogen (secondary N) is 1. The molecule has 2 aliphatic heterocycles. The van der Waals surface area contributed by atoms with E-state index < -0.39 is 0 Å². The number of carbonyl (C=O) groups excluding carboxylic acids is 1. The van der Waals surface area contributed by atoms with Gasteiger partial charge in [-0.05, 0) is 24.3 Å². The van der Waals surface area contributed by atoms with Crippen LogP contribution in [0.4, 0.5) is 4.39 Å². The number of thioether (sulfide) groups is 1. The Balaban J connectivity index is 1.50. The van der Waals surface area contributed by atoms with E-state index in [1.165, 1.54) is 12.1 Å². The summed E-state index contributed by atoms with van der Waals surface area (Å²) < 4.78 is 23.9. The summed E-state index contributed by atoms with van der Waals surface area (Å²) >= 11 is 1.93. The van der Waals surface area contributed by atoms with Gasteiger partial charge in [0.2, 0.25) is 0 Å². The molecule has 5 nitrogen and oxygen atoms in total. The molecule has 3 rings (SSSR count). The van der Waals surface area contributed by atoms with E-state index in [0.717, 1.165) is 44.2 Å². The predicted octanol–water partition coefficient (Wildman–Crippen LogP) is 1.53. The minimum Gasteiger partial charge on any atom is -0.484 e. The van der Waals surface area contributed by atoms with Gasteiger partial charge in [-0.3, -0.25) is 9.69 Å². The molecule has 1 aromatic carbocycles. The summed E-state index contributed by atoms with van der Waals surface area (Å²) in [7, 11) is 0. The fraction of sp³-hybridized carbons (Fsp3) is 0.588. The Labute approximate surface area is 145 Å². The molecule has 1 aromatic rings. The van der Waals surface area contributed by atoms with E-state index in [2.05, 4.69) is 10.2 Å². The van der Waals surface area contributed by atoms with Gasteiger partial charge >= 0.3 is 0 Å². The third-order valence-corrected chi connectivity index (χ3v) is 5.78. The molecule has 0 radical (unpaired) electrons. The molecule has 0 saturated carbocycles. The maximum absolute atomic E-state index is 13.1. The van der Waals surface area contributed by atoms with E-state index in [1.54, 1.807) is 12.1 Å². The fourth-order valence-corrected chi connectivity index (χ4v) is 4.63. The first-order chi connectivity index (χ1) is 11.7. The SMILES string of the molecule is O=C(COc1cccc(F)c1)NCC1(N2CCOCC2)CCSC1. The van der Waals surface area contributed by atoms with Crippen molar-refractivity contribution in [3.8, 4) is 5.75 Å². The number of benzene rings is 1. The molecule has 2 aliphatic rings. The van der Waals surface area contributed by atoms with Gasteiger partial charge in [0, 0.05) is 37.0 Å². The third-order valence-electron chi connectivity index (χ3n) is 4.55. The van der Waals surface area contributed by atoms with Gasteiger partial charge in [0.05, 0.1) is 13.2 Å². The molecule has 1 amide bonds. The van der Waals surface area contributed by atoms with Gasteiger partial charge in [0.1, 0.15) is 11.6 Å². The molecule has 1 unspecified atom stereocenters. The van der Waals surface area contributed by atoms with Crippen LogP contribution in [-0.2, 0) is 9.53 Å². The van der Waals surface area contributed by atoms with E-state index >= 15 is 0 Å². The molecule has 132 valence electrons. The van der Waals surface area contributed by atoms with Crippen molar-refractivity contribution in [3.05, 3.63) is 30.1 Å². The van der Waals surface area contributed by atoms with E-state index in [4.69, 9.17) is 9.47 Å². The summed E-state index contributed by atoms with van der Waals surface area (Å²) in [6.45, 7) is 3.85. The van der Waals surface area contributed by atoms with Crippen molar-refractivity contribution >= 4 is 17.7 Å². The molecule has 24 heavy (non-hydrogen) atoms. The van der Waals surface area contributed by atoms with Gasteiger partial charge < -0.3 is 14.8 Å². The van der Waals surface area contributed by atoms with Gasteiger partial charge in [0.25, 0.3) is 5.91 Å². The van der Waals surface area contributed by atoms with Crippen LogP contribution in [0.15, 0.2) is 24.3 Å². The van der Waals surface area contributed by atoms with Crippen LogP contribution in [0.5, 0.6) is 5.75 Å². The number of amides is 1. The van der Waals surface area contributed by atoms with Crippen molar-refractivity contribution in [1.82, 2.24) is 10.2 Å². The van der Waals surface area contributed by atoms with Crippen LogP contribution in [0.2, 0.25) is 0 Å². The Bertz CT molecular complexity index is 561. The fourth-order valence-electron chi connectivity index (χ4n) is 3.15. The summed E-state index contributed by atoms with van der Waals surface area (Å²) in [6.07, 6.45) is 1.07. The smallest absolute Gasteiger partial charge is 0.258 e. The Kier molecular flexibility index (Phi) is 5.97. The van der Waals surface area contributed by atoms with Crippen molar-refractivity contribution in [2.75, 3.05) is 51.0 Å². The molecule has 1 N–H and O–H groups in total. The highest BCUT2D eigenvalue weighted by Crippen LogP contribution is 2.33. The largest absolute Gasteiger partial charge is 0.484 e. The van der Waals surface area contributed by atoms with Crippen molar-refractivity contribution in [1.29, 1.82) is 0 Å². The second-order valence-corrected chi connectivity index (χ2v) is 7.25. The minimum absolute atomic E-state index is 0.0168. The average Bonchev–Trinajstić information content (AvgIpc) is 3.09. The van der Waals surface area contributed by atoms with E-state index in [1.807, 2.05) is 11.8 Å². The number of ether oxygens (including phenoxy) is 2. The van der Waals surface area contributed by atoms with Crippen LogP contribution >= 0.6 is 11.8 Å². The molecule has 0 spiro atoms. The Morgan fingerprint density at radius 1 is 1.42 bits per heavy atom. The molecule has 2 fully saturated rings. The molecule has 2 heterocycles. The lowest BCUT2D eigenvalue weighted by Crippen LogP contribution is -2.59. The molecule has 7 heteroatoms. The Morgan fingerprint density at radius 3 is 2.96 bits per heavy atom. The Morgan fingerprint density at radius 2 is 2.25 bits per heavy atom. The highest BCUT2D eigenvalue weighted by Gasteiger charge is 2.40. The molecule has 2 saturated heterocycles. The van der Waals surface area contributed by atoms with Gasteiger partial charge in [-0.15, -0.1) is 0 Å². The monoisotopic (exact) mass is 354 g/mol. The summed E-state index contributed by atoms with van der Waals surface area (Å²) in [6, 6.07) is 5.82. The Hall–Kier alpha value is -1.31. The van der Waals surface area contributed by atoms with Crippen LogP contribution in [0, 0.1) is 5.82 Å². The zero-order valence-electron chi connectivity index (χ0n) is 13.6. The zero-order valence-corrected chi connectivity index (χ0v) is 14.4. The quantitative estimate of drug-likeness (QED) is 0.840. The van der Waals surface area contributed by atoms with E-state index in [0.29, 0.717) is 12.3 Å². The van der Waals surface area contributed by atoms with Crippen LogP contribution < -0.4 is 10.1 Å². The summed E-state index contributed by atoms with van der Waals surface area (Å²) in [4.78, 5) is 14.6. The highest BCUT2D eigenvalue weighted by atomic mass is 32.2. The lowest BCUT2D eigenvalue weighted by Gasteiger charge is -2.43. The van der Waals surface area contributed by atoms with Crippen molar-refractivity contribution in [2.24, 2.45) is 0 Å². The third kappa shape index (κ3) is 4.40. The zero-order chi connectivity index (χ0) is 16.8. The van der Waals surface area contributed by atoms with Crippen LogP contribution in [0.3, 0.4) is 0 Å². The highest BCUT2D eigenvalue weighted by molar-refractivity contribution is 7.99. The number of carbonyl (C=O) groups is 1. The minimum atomic E-state index is -0.373. The topological polar surface area (TPSA) is 50.8 Å². The molecule has 0 bridgehead atoms. The van der Waals surface area contributed by atoms with Crippen molar-refractivity contribution in [2.45, 2.75) is 12.0 Å². The molecule has 0 aromatic heterocycles. The maximum Gasteiger partial charge on any atom is 0.258 e. The molecular weight excluding hydrogens is 331 g/mol. The van der Waals surface area contributed by atoms with E-state index in [-0.39, 0.29) is 23.9 Å². The van der Waals surface area contributed by atoms with Gasteiger partial charge in [-0.1, -0.05) is 6.07 Å². The van der Waals surface area contributed by atoms with Crippen molar-refractivity contribution < 1.29 is 18.7 Å². The second kappa shape index (κ2) is 8.18. The van der Waals surface area contributed by atoms with Crippen LogP contribution in [0.1, 0.15) is 6.42 Å². The molecule has 0 aliphatic carbocycles. The van der Waals surface area contributed by atoms with Gasteiger partial charge in [-0.25, -0.2) is 4.39 Å². The van der Waals surface area contributed by atoms with Crippen molar-refractivity contribution in [3.63, 3.8) is 0 Å². The lowest BCUT2D eigenvalue weighted by molar-refractivity contribution is -0.124. The summed E-state index contributed by atoms with van der Waals surface area (Å²) in [5, 5.41) is 2.99. The summed E-state index contributed by atoms with van der Waals surface area (Å²) in [5.41, 5.74) is 0.0168. The lowest BCUT2D eigenvalue weighted by atomic mass is 9.95.